The average molecular weight is 362 g/mol. The molecule has 0 fully saturated rings. The Balaban J connectivity index is 1.58. The van der Waals surface area contributed by atoms with Gasteiger partial charge in [-0.05, 0) is 6.42 Å². The third-order valence-corrected chi connectivity index (χ3v) is 4.23. The molecule has 27 heavy (non-hydrogen) atoms. The molecule has 4 aromatic rings. The Morgan fingerprint density at radius 2 is 2.00 bits per heavy atom. The van der Waals surface area contributed by atoms with Crippen molar-refractivity contribution in [1.29, 1.82) is 0 Å². The lowest BCUT2D eigenvalue weighted by atomic mass is 10.1. The van der Waals surface area contributed by atoms with Crippen LogP contribution in [0.25, 0.3) is 22.3 Å². The Morgan fingerprint density at radius 1 is 1.15 bits per heavy atom. The first-order valence-electron chi connectivity index (χ1n) is 8.65. The first-order chi connectivity index (χ1) is 13.2. The van der Waals surface area contributed by atoms with Crippen LogP contribution in [0.2, 0.25) is 0 Å². The molecule has 2 heterocycles. The molecule has 6 heteroatoms. The maximum atomic E-state index is 12.4. The zero-order valence-electron chi connectivity index (χ0n) is 14.5. The van der Waals surface area contributed by atoms with Crippen molar-refractivity contribution in [3.63, 3.8) is 0 Å². The Hall–Kier alpha value is -3.54. The third-order valence-electron chi connectivity index (χ3n) is 4.23. The molecule has 0 atom stereocenters. The van der Waals surface area contributed by atoms with Crippen LogP contribution in [-0.4, -0.2) is 21.3 Å². The Kier molecular flexibility index (Phi) is 4.61. The van der Waals surface area contributed by atoms with Crippen molar-refractivity contribution in [2.45, 2.75) is 13.0 Å². The molecule has 0 amide bonds. The van der Waals surface area contributed by atoms with Gasteiger partial charge in [0.25, 0.3) is 0 Å². The summed E-state index contributed by atoms with van der Waals surface area (Å²) in [6.45, 7) is 1.25. The van der Waals surface area contributed by atoms with Crippen LogP contribution >= 0.6 is 0 Å². The summed E-state index contributed by atoms with van der Waals surface area (Å²) in [5.74, 6) is 0.759. The monoisotopic (exact) mass is 362 g/mol. The number of hydrogen-bond donors (Lipinski definition) is 1. The summed E-state index contributed by atoms with van der Waals surface area (Å²) in [6, 6.07) is 13.8. The number of aromatic hydroxyl groups is 1. The molecule has 136 valence electrons. The Labute approximate surface area is 155 Å². The SMILES string of the molecule is O=c1cc(-c2ccccc2)oc2cc(OCCCn3ccnc3)cc(O)c12. The molecule has 0 unspecified atom stereocenters. The van der Waals surface area contributed by atoms with E-state index in [2.05, 4.69) is 4.98 Å². The number of benzene rings is 2. The van der Waals surface area contributed by atoms with Crippen molar-refractivity contribution in [1.82, 2.24) is 9.55 Å². The highest BCUT2D eigenvalue weighted by molar-refractivity contribution is 5.86. The number of ether oxygens (including phenoxy) is 1. The first-order valence-corrected chi connectivity index (χ1v) is 8.65. The second-order valence-corrected chi connectivity index (χ2v) is 6.16. The number of aromatic nitrogens is 2. The van der Waals surface area contributed by atoms with E-state index in [0.717, 1.165) is 18.5 Å². The van der Waals surface area contributed by atoms with Gasteiger partial charge in [-0.15, -0.1) is 0 Å². The molecule has 6 nitrogen and oxygen atoms in total. The topological polar surface area (TPSA) is 77.5 Å². The van der Waals surface area contributed by atoms with Gasteiger partial charge in [-0.25, -0.2) is 4.98 Å². The first kappa shape index (κ1) is 16.9. The summed E-state index contributed by atoms with van der Waals surface area (Å²) < 4.78 is 13.6. The minimum atomic E-state index is -0.292. The molecule has 0 spiro atoms. The number of hydrogen-bond acceptors (Lipinski definition) is 5. The average Bonchev–Trinajstić information content (AvgIpc) is 3.19. The fourth-order valence-electron chi connectivity index (χ4n) is 2.93. The van der Waals surface area contributed by atoms with Crippen LogP contribution in [0.5, 0.6) is 11.5 Å². The largest absolute Gasteiger partial charge is 0.507 e. The quantitative estimate of drug-likeness (QED) is 0.528. The van der Waals surface area contributed by atoms with Crippen molar-refractivity contribution >= 4 is 11.0 Å². The molecule has 0 saturated carbocycles. The van der Waals surface area contributed by atoms with Crippen LogP contribution in [0, 0.1) is 0 Å². The predicted molar refractivity (Wildman–Crippen MR) is 102 cm³/mol. The predicted octanol–water partition coefficient (Wildman–Crippen LogP) is 3.83. The van der Waals surface area contributed by atoms with Gasteiger partial charge in [0.05, 0.1) is 12.9 Å². The van der Waals surface area contributed by atoms with E-state index in [0.29, 0.717) is 23.7 Å². The van der Waals surface area contributed by atoms with E-state index >= 15 is 0 Å². The normalized spacial score (nSPS) is 11.0. The lowest BCUT2D eigenvalue weighted by Crippen LogP contribution is -2.04. The summed E-state index contributed by atoms with van der Waals surface area (Å²) in [6.07, 6.45) is 6.15. The van der Waals surface area contributed by atoms with Gasteiger partial charge in [0.15, 0.2) is 5.43 Å². The molecule has 2 aromatic heterocycles. The molecule has 4 rings (SSSR count). The van der Waals surface area contributed by atoms with Crippen molar-refractivity contribution in [2.24, 2.45) is 0 Å². The standard InChI is InChI=1S/C21H18N2O4/c24-17-11-16(26-10-4-8-23-9-7-22-14-23)12-20-21(17)18(25)13-19(27-20)15-5-2-1-3-6-15/h1-3,5-7,9,11-14,24H,4,8,10H2. The molecule has 0 radical (unpaired) electrons. The van der Waals surface area contributed by atoms with E-state index in [4.69, 9.17) is 9.15 Å². The summed E-state index contributed by atoms with van der Waals surface area (Å²) in [7, 11) is 0. The number of rotatable bonds is 6. The highest BCUT2D eigenvalue weighted by atomic mass is 16.5. The third kappa shape index (κ3) is 3.69. The van der Waals surface area contributed by atoms with E-state index < -0.39 is 0 Å². The number of phenols is 1. The number of fused-ring (bicyclic) bond motifs is 1. The number of nitrogens with zero attached hydrogens (tertiary/aromatic N) is 2. The van der Waals surface area contributed by atoms with E-state index in [1.165, 1.54) is 12.1 Å². The van der Waals surface area contributed by atoms with Gasteiger partial charge in [0.2, 0.25) is 0 Å². The fraction of sp³-hybridized carbons (Fsp3) is 0.143. The van der Waals surface area contributed by atoms with Crippen LogP contribution in [0.15, 0.2) is 76.5 Å². The second kappa shape index (κ2) is 7.37. The van der Waals surface area contributed by atoms with Crippen LogP contribution in [0.3, 0.4) is 0 Å². The van der Waals surface area contributed by atoms with Gasteiger partial charge < -0.3 is 18.8 Å². The molecule has 0 aliphatic carbocycles. The van der Waals surface area contributed by atoms with Crippen molar-refractivity contribution < 1.29 is 14.3 Å². The van der Waals surface area contributed by atoms with Crippen LogP contribution in [0.4, 0.5) is 0 Å². The van der Waals surface area contributed by atoms with E-state index in [-0.39, 0.29) is 16.6 Å². The van der Waals surface area contributed by atoms with Gasteiger partial charge in [-0.3, -0.25) is 4.79 Å². The molecular weight excluding hydrogens is 344 g/mol. The molecule has 0 saturated heterocycles. The van der Waals surface area contributed by atoms with Crippen molar-refractivity contribution in [3.05, 3.63) is 77.5 Å². The van der Waals surface area contributed by atoms with E-state index in [1.54, 1.807) is 18.6 Å². The molecule has 1 N–H and O–H groups in total. The highest BCUT2D eigenvalue weighted by Gasteiger charge is 2.12. The Morgan fingerprint density at radius 3 is 2.78 bits per heavy atom. The fourth-order valence-corrected chi connectivity index (χ4v) is 2.93. The van der Waals surface area contributed by atoms with Crippen LogP contribution in [-0.2, 0) is 6.54 Å². The minimum absolute atomic E-state index is 0.148. The molecule has 2 aromatic carbocycles. The van der Waals surface area contributed by atoms with Gasteiger partial charge in [-0.1, -0.05) is 30.3 Å². The van der Waals surface area contributed by atoms with Gasteiger partial charge in [0, 0.05) is 42.7 Å². The maximum absolute atomic E-state index is 12.4. The number of imidazole rings is 1. The molecule has 0 bridgehead atoms. The summed E-state index contributed by atoms with van der Waals surface area (Å²) in [4.78, 5) is 16.4. The molecule has 0 aliphatic rings. The Bertz CT molecular complexity index is 1100. The number of aryl methyl sites for hydroxylation is 1. The zero-order chi connectivity index (χ0) is 18.6. The summed E-state index contributed by atoms with van der Waals surface area (Å²) in [5.41, 5.74) is 0.799. The highest BCUT2D eigenvalue weighted by Crippen LogP contribution is 2.31. The lowest BCUT2D eigenvalue weighted by molar-refractivity contribution is 0.300. The molecule has 0 aliphatic heterocycles. The lowest BCUT2D eigenvalue weighted by Gasteiger charge is -2.09. The minimum Gasteiger partial charge on any atom is -0.507 e. The van der Waals surface area contributed by atoms with Crippen molar-refractivity contribution in [2.75, 3.05) is 6.61 Å². The van der Waals surface area contributed by atoms with Gasteiger partial charge in [-0.2, -0.15) is 0 Å². The number of phenolic OH excluding ortho intramolecular Hbond substituents is 1. The summed E-state index contributed by atoms with van der Waals surface area (Å²) in [5, 5.41) is 10.4. The second-order valence-electron chi connectivity index (χ2n) is 6.16. The van der Waals surface area contributed by atoms with E-state index in [1.807, 2.05) is 41.1 Å². The van der Waals surface area contributed by atoms with E-state index in [9.17, 15) is 9.90 Å². The van der Waals surface area contributed by atoms with Gasteiger partial charge >= 0.3 is 0 Å². The summed E-state index contributed by atoms with van der Waals surface area (Å²) >= 11 is 0. The smallest absolute Gasteiger partial charge is 0.197 e. The van der Waals surface area contributed by atoms with Gasteiger partial charge in [0.1, 0.15) is 28.2 Å². The van der Waals surface area contributed by atoms with Crippen LogP contribution in [0.1, 0.15) is 6.42 Å². The zero-order valence-corrected chi connectivity index (χ0v) is 14.5. The van der Waals surface area contributed by atoms with Crippen LogP contribution < -0.4 is 10.2 Å². The maximum Gasteiger partial charge on any atom is 0.197 e. The van der Waals surface area contributed by atoms with Crippen molar-refractivity contribution in [3.8, 4) is 22.8 Å². The molecular formula is C21H18N2O4.